The second-order valence-corrected chi connectivity index (χ2v) is 11.0. The molecule has 12 nitrogen and oxygen atoms in total. The highest BCUT2D eigenvalue weighted by Gasteiger charge is 2.60. The van der Waals surface area contributed by atoms with Crippen molar-refractivity contribution in [2.24, 2.45) is 17.8 Å². The Morgan fingerprint density at radius 1 is 1.05 bits per heavy atom. The van der Waals surface area contributed by atoms with Crippen LogP contribution in [0.3, 0.4) is 0 Å². The summed E-state index contributed by atoms with van der Waals surface area (Å²) in [4.78, 5) is 47.6. The molecular formula is C27H36O12. The number of ether oxygens (including phenoxy) is 6. The van der Waals surface area contributed by atoms with E-state index in [1.54, 1.807) is 6.92 Å². The second-order valence-electron chi connectivity index (χ2n) is 11.0. The van der Waals surface area contributed by atoms with Crippen molar-refractivity contribution in [2.75, 3.05) is 6.61 Å². The Kier molecular flexibility index (Phi) is 8.23. The van der Waals surface area contributed by atoms with Crippen molar-refractivity contribution in [2.45, 2.75) is 95.5 Å². The average molecular weight is 553 g/mol. The number of carbonyl (C=O) groups excluding carboxylic acids is 4. The molecule has 2 aliphatic heterocycles. The predicted octanol–water partition coefficient (Wildman–Crippen LogP) is 0.719. The molecule has 0 aromatic carbocycles. The van der Waals surface area contributed by atoms with Crippen molar-refractivity contribution in [1.82, 2.24) is 0 Å². The van der Waals surface area contributed by atoms with E-state index in [0.29, 0.717) is 18.4 Å². The van der Waals surface area contributed by atoms with Crippen LogP contribution in [0.4, 0.5) is 0 Å². The van der Waals surface area contributed by atoms with Crippen LogP contribution in [0.5, 0.6) is 0 Å². The molecule has 2 aliphatic carbocycles. The summed E-state index contributed by atoms with van der Waals surface area (Å²) in [6.07, 6.45) is -7.22. The van der Waals surface area contributed by atoms with Crippen molar-refractivity contribution in [3.63, 3.8) is 0 Å². The normalized spacial score (nSPS) is 41.6. The minimum absolute atomic E-state index is 0.208. The molecule has 216 valence electrons. The Labute approximate surface area is 226 Å². The first-order valence-corrected chi connectivity index (χ1v) is 13.0. The van der Waals surface area contributed by atoms with Gasteiger partial charge in [-0.25, -0.2) is 4.79 Å². The molecule has 0 spiro atoms. The van der Waals surface area contributed by atoms with Gasteiger partial charge >= 0.3 is 23.9 Å². The Hall–Kier alpha value is -2.80. The molecule has 2 heterocycles. The minimum atomic E-state index is -1.62. The van der Waals surface area contributed by atoms with E-state index >= 15 is 0 Å². The molecule has 0 amide bonds. The first kappa shape index (κ1) is 29.2. The third kappa shape index (κ3) is 5.74. The fourth-order valence-corrected chi connectivity index (χ4v) is 6.46. The maximum Gasteiger partial charge on any atom is 0.334 e. The van der Waals surface area contributed by atoms with Gasteiger partial charge < -0.3 is 38.6 Å². The third-order valence-electron chi connectivity index (χ3n) is 8.18. The first-order valence-electron chi connectivity index (χ1n) is 13.0. The smallest absolute Gasteiger partial charge is 0.334 e. The molecule has 2 saturated heterocycles. The summed E-state index contributed by atoms with van der Waals surface area (Å²) < 4.78 is 34.0. The van der Waals surface area contributed by atoms with E-state index in [4.69, 9.17) is 28.4 Å². The Balaban J connectivity index is 1.68. The van der Waals surface area contributed by atoms with Crippen LogP contribution < -0.4 is 0 Å². The van der Waals surface area contributed by atoms with Crippen LogP contribution in [0.1, 0.15) is 47.0 Å². The van der Waals surface area contributed by atoms with Crippen molar-refractivity contribution in [3.8, 4) is 0 Å². The lowest BCUT2D eigenvalue weighted by molar-refractivity contribution is -0.331. The molecule has 0 bridgehead atoms. The lowest BCUT2D eigenvalue weighted by atomic mass is 9.78. The SMILES string of the molecule is C=C1C(=O)O[C@@H]2CC(=C)[C@H]3C(OC(C)=O)C[C@@](C)(O[C@@H]4O[C@H](COC(C)=O)[C@@H](O)[C@H](O)[C@H]4OC(C)=O)[C@@H]3CC12. The van der Waals surface area contributed by atoms with Gasteiger partial charge in [0, 0.05) is 51.0 Å². The number of esters is 4. The number of aliphatic hydroxyl groups excluding tert-OH is 2. The maximum atomic E-state index is 12.3. The van der Waals surface area contributed by atoms with Crippen molar-refractivity contribution >= 4 is 23.9 Å². The van der Waals surface area contributed by atoms with E-state index < -0.39 is 72.4 Å². The zero-order chi connectivity index (χ0) is 28.8. The van der Waals surface area contributed by atoms with E-state index in [1.807, 2.05) is 0 Å². The number of fused-ring (bicyclic) bond motifs is 2. The molecule has 0 aromatic heterocycles. The lowest BCUT2D eigenvalue weighted by Crippen LogP contribution is -2.62. The highest BCUT2D eigenvalue weighted by Crippen LogP contribution is 2.56. The molecule has 39 heavy (non-hydrogen) atoms. The summed E-state index contributed by atoms with van der Waals surface area (Å²) in [6, 6.07) is 0. The maximum absolute atomic E-state index is 12.3. The molecule has 4 rings (SSSR count). The van der Waals surface area contributed by atoms with E-state index in [-0.39, 0.29) is 30.8 Å². The van der Waals surface area contributed by atoms with Crippen LogP contribution in [0, 0.1) is 17.8 Å². The topological polar surface area (TPSA) is 164 Å². The Morgan fingerprint density at radius 3 is 2.33 bits per heavy atom. The summed E-state index contributed by atoms with van der Waals surface area (Å²) in [5.74, 6) is -3.34. The summed E-state index contributed by atoms with van der Waals surface area (Å²) >= 11 is 0. The Morgan fingerprint density at radius 2 is 1.72 bits per heavy atom. The standard InChI is InChI=1S/C27H36O12/c1-11-7-18-16(12(2)25(33)37-18)8-17-21(11)19(35-14(4)29)9-27(17,6)39-26-24(36-15(5)30)23(32)22(31)20(38-26)10-34-13(3)28/h16-24,26,31-32H,1-2,7-10H2,3-6H3/t16?,17-,18-,19?,20-,21-,22-,23+,24-,26+,27-/m1/s1. The van der Waals surface area contributed by atoms with Crippen LogP contribution >= 0.6 is 0 Å². The molecule has 2 saturated carbocycles. The highest BCUT2D eigenvalue weighted by molar-refractivity contribution is 5.90. The van der Waals surface area contributed by atoms with Gasteiger partial charge in [0.1, 0.15) is 37.1 Å². The van der Waals surface area contributed by atoms with Gasteiger partial charge in [-0.2, -0.15) is 0 Å². The third-order valence-corrected chi connectivity index (χ3v) is 8.18. The van der Waals surface area contributed by atoms with Crippen molar-refractivity contribution in [1.29, 1.82) is 0 Å². The monoisotopic (exact) mass is 552 g/mol. The van der Waals surface area contributed by atoms with Gasteiger partial charge in [-0.3, -0.25) is 14.4 Å². The number of hydrogen-bond acceptors (Lipinski definition) is 12. The molecule has 11 atom stereocenters. The fourth-order valence-electron chi connectivity index (χ4n) is 6.46. The summed E-state index contributed by atoms with van der Waals surface area (Å²) in [6.45, 7) is 13.2. The number of hydrogen-bond donors (Lipinski definition) is 2. The average Bonchev–Trinajstić information content (AvgIpc) is 3.17. The van der Waals surface area contributed by atoms with E-state index in [0.717, 1.165) is 12.5 Å². The molecule has 4 aliphatic rings. The minimum Gasteiger partial charge on any atom is -0.463 e. The van der Waals surface area contributed by atoms with E-state index in [2.05, 4.69) is 13.2 Å². The second kappa shape index (κ2) is 11.0. The van der Waals surface area contributed by atoms with Crippen molar-refractivity contribution in [3.05, 3.63) is 24.3 Å². The van der Waals surface area contributed by atoms with Gasteiger partial charge in [0.05, 0.1) is 5.60 Å². The van der Waals surface area contributed by atoms with Gasteiger partial charge in [-0.05, 0) is 19.3 Å². The van der Waals surface area contributed by atoms with Gasteiger partial charge in [-0.1, -0.05) is 18.7 Å². The zero-order valence-corrected chi connectivity index (χ0v) is 22.5. The number of aliphatic hydroxyl groups is 2. The van der Waals surface area contributed by atoms with Crippen LogP contribution in [-0.4, -0.2) is 89.2 Å². The zero-order valence-electron chi connectivity index (χ0n) is 22.5. The first-order chi connectivity index (χ1) is 18.2. The van der Waals surface area contributed by atoms with E-state index in [9.17, 15) is 29.4 Å². The molecule has 0 radical (unpaired) electrons. The lowest BCUT2D eigenvalue weighted by Gasteiger charge is -2.45. The van der Waals surface area contributed by atoms with Gasteiger partial charge in [0.25, 0.3) is 0 Å². The van der Waals surface area contributed by atoms with Crippen molar-refractivity contribution < 1.29 is 57.8 Å². The fraction of sp³-hybridized carbons (Fsp3) is 0.704. The van der Waals surface area contributed by atoms with E-state index in [1.165, 1.54) is 13.8 Å². The van der Waals surface area contributed by atoms with Gasteiger partial charge in [-0.15, -0.1) is 0 Å². The van der Waals surface area contributed by atoms with Gasteiger partial charge in [0.15, 0.2) is 12.4 Å². The molecular weight excluding hydrogens is 516 g/mol. The van der Waals surface area contributed by atoms with Gasteiger partial charge in [0.2, 0.25) is 0 Å². The predicted molar refractivity (Wildman–Crippen MR) is 130 cm³/mol. The van der Waals surface area contributed by atoms with Crippen LogP contribution in [0.2, 0.25) is 0 Å². The largest absolute Gasteiger partial charge is 0.463 e. The summed E-state index contributed by atoms with van der Waals surface area (Å²) in [5, 5.41) is 21.4. The number of carbonyl (C=O) groups is 4. The molecule has 12 heteroatoms. The molecule has 2 N–H and O–H groups in total. The molecule has 0 aromatic rings. The van der Waals surface area contributed by atoms with Crippen LogP contribution in [0.15, 0.2) is 24.3 Å². The summed E-state index contributed by atoms with van der Waals surface area (Å²) in [7, 11) is 0. The quantitative estimate of drug-likeness (QED) is 0.206. The van der Waals surface area contributed by atoms with Crippen LogP contribution in [0.25, 0.3) is 0 Å². The molecule has 4 fully saturated rings. The highest BCUT2D eigenvalue weighted by atomic mass is 16.7. The summed E-state index contributed by atoms with van der Waals surface area (Å²) in [5.41, 5.74) is -0.0257. The van der Waals surface area contributed by atoms with Crippen LogP contribution in [-0.2, 0) is 47.6 Å². The molecule has 2 unspecified atom stereocenters. The Bertz CT molecular complexity index is 1050. The number of rotatable bonds is 6.